The fourth-order valence-corrected chi connectivity index (χ4v) is 1.85. The first-order valence-electron chi connectivity index (χ1n) is 5.34. The third-order valence-corrected chi connectivity index (χ3v) is 2.69. The summed E-state index contributed by atoms with van der Waals surface area (Å²) in [6.45, 7) is 0. The highest BCUT2D eigenvalue weighted by Gasteiger charge is 2.01. The van der Waals surface area contributed by atoms with Crippen LogP contribution >= 0.6 is 0 Å². The molecule has 3 nitrogen and oxygen atoms in total. The smallest absolute Gasteiger partial charge is 0.116 e. The van der Waals surface area contributed by atoms with Crippen LogP contribution in [0.4, 0.5) is 0 Å². The number of fused-ring (bicyclic) bond motifs is 1. The van der Waals surface area contributed by atoms with Crippen LogP contribution in [0, 0.1) is 0 Å². The molecule has 0 saturated carbocycles. The van der Waals surface area contributed by atoms with Gasteiger partial charge >= 0.3 is 0 Å². The molecule has 0 amide bonds. The molecule has 0 spiro atoms. The molecule has 3 heteroatoms. The summed E-state index contributed by atoms with van der Waals surface area (Å²) in [7, 11) is 0. The van der Waals surface area contributed by atoms with Crippen molar-refractivity contribution < 1.29 is 5.11 Å². The summed E-state index contributed by atoms with van der Waals surface area (Å²) in [5.41, 5.74) is 1.87. The highest BCUT2D eigenvalue weighted by atomic mass is 16.3. The third-order valence-electron chi connectivity index (χ3n) is 2.69. The van der Waals surface area contributed by atoms with Crippen molar-refractivity contribution in [2.24, 2.45) is 0 Å². The Kier molecular flexibility index (Phi) is 2.22. The zero-order chi connectivity index (χ0) is 11.7. The molecule has 1 aromatic heterocycles. The van der Waals surface area contributed by atoms with Crippen LogP contribution in [0.25, 0.3) is 22.0 Å². The highest BCUT2D eigenvalue weighted by molar-refractivity contribution is 5.87. The van der Waals surface area contributed by atoms with Gasteiger partial charge in [-0.1, -0.05) is 18.2 Å². The molecule has 0 saturated heterocycles. The second-order valence-electron chi connectivity index (χ2n) is 3.86. The van der Waals surface area contributed by atoms with E-state index in [4.69, 9.17) is 0 Å². The molecule has 0 radical (unpaired) electrons. The molecule has 1 heterocycles. The van der Waals surface area contributed by atoms with Crippen LogP contribution in [-0.2, 0) is 0 Å². The van der Waals surface area contributed by atoms with Gasteiger partial charge in [0.05, 0.1) is 5.69 Å². The van der Waals surface area contributed by atoms with Gasteiger partial charge in [-0.3, -0.25) is 0 Å². The Hall–Kier alpha value is -2.42. The Morgan fingerprint density at radius 3 is 2.53 bits per heavy atom. The van der Waals surface area contributed by atoms with Crippen LogP contribution in [0.5, 0.6) is 5.75 Å². The average Bonchev–Trinajstić information content (AvgIpc) is 2.39. The molecule has 82 valence electrons. The van der Waals surface area contributed by atoms with Gasteiger partial charge in [-0.2, -0.15) is 10.2 Å². The SMILES string of the molecule is Oc1ccc2cc(-c3cccnn3)ccc2c1. The third kappa shape index (κ3) is 1.83. The van der Waals surface area contributed by atoms with Gasteiger partial charge in [0.15, 0.2) is 0 Å². The van der Waals surface area contributed by atoms with E-state index in [-0.39, 0.29) is 5.75 Å². The van der Waals surface area contributed by atoms with Crippen LogP contribution in [0.1, 0.15) is 0 Å². The van der Waals surface area contributed by atoms with Crippen molar-refractivity contribution >= 4 is 10.8 Å². The summed E-state index contributed by atoms with van der Waals surface area (Å²) in [5.74, 6) is 0.282. The Morgan fingerprint density at radius 2 is 1.71 bits per heavy atom. The molecule has 0 atom stereocenters. The van der Waals surface area contributed by atoms with Gasteiger partial charge in [-0.15, -0.1) is 0 Å². The van der Waals surface area contributed by atoms with Crippen molar-refractivity contribution in [3.05, 3.63) is 54.7 Å². The average molecular weight is 222 g/mol. The number of nitrogens with zero attached hydrogens (tertiary/aromatic N) is 2. The molecule has 0 aliphatic heterocycles. The van der Waals surface area contributed by atoms with Crippen molar-refractivity contribution in [1.82, 2.24) is 10.2 Å². The summed E-state index contributed by atoms with van der Waals surface area (Å²) in [4.78, 5) is 0. The molecule has 0 unspecified atom stereocenters. The van der Waals surface area contributed by atoms with E-state index < -0.39 is 0 Å². The number of aromatic hydroxyl groups is 1. The van der Waals surface area contributed by atoms with Gasteiger partial charge in [0, 0.05) is 11.8 Å². The fourth-order valence-electron chi connectivity index (χ4n) is 1.85. The first-order valence-corrected chi connectivity index (χ1v) is 5.34. The van der Waals surface area contributed by atoms with Gasteiger partial charge in [0.2, 0.25) is 0 Å². The predicted molar refractivity (Wildman–Crippen MR) is 66.6 cm³/mol. The Morgan fingerprint density at radius 1 is 0.882 bits per heavy atom. The number of benzene rings is 2. The number of rotatable bonds is 1. The van der Waals surface area contributed by atoms with Crippen LogP contribution in [0.2, 0.25) is 0 Å². The van der Waals surface area contributed by atoms with Gasteiger partial charge in [0.25, 0.3) is 0 Å². The van der Waals surface area contributed by atoms with Crippen molar-refractivity contribution in [2.75, 3.05) is 0 Å². The molecule has 0 fully saturated rings. The van der Waals surface area contributed by atoms with Crippen LogP contribution < -0.4 is 0 Å². The largest absolute Gasteiger partial charge is 0.508 e. The quantitative estimate of drug-likeness (QED) is 0.688. The van der Waals surface area contributed by atoms with Crippen LogP contribution in [0.15, 0.2) is 54.7 Å². The summed E-state index contributed by atoms with van der Waals surface area (Å²) in [6.07, 6.45) is 1.66. The van der Waals surface area contributed by atoms with Crippen LogP contribution in [-0.4, -0.2) is 15.3 Å². The molecule has 0 bridgehead atoms. The van der Waals surface area contributed by atoms with E-state index in [1.54, 1.807) is 18.3 Å². The van der Waals surface area contributed by atoms with E-state index >= 15 is 0 Å². The Labute approximate surface area is 98.4 Å². The number of hydrogen-bond donors (Lipinski definition) is 1. The predicted octanol–water partition coefficient (Wildman–Crippen LogP) is 3.00. The molecule has 17 heavy (non-hydrogen) atoms. The van der Waals surface area contributed by atoms with E-state index in [0.717, 1.165) is 22.0 Å². The zero-order valence-corrected chi connectivity index (χ0v) is 9.04. The first kappa shape index (κ1) is 9.78. The van der Waals surface area contributed by atoms with E-state index in [0.29, 0.717) is 0 Å². The molecular weight excluding hydrogens is 212 g/mol. The molecule has 0 aliphatic rings. The second-order valence-corrected chi connectivity index (χ2v) is 3.86. The summed E-state index contributed by atoms with van der Waals surface area (Å²) < 4.78 is 0. The summed E-state index contributed by atoms with van der Waals surface area (Å²) in [6, 6.07) is 15.1. The minimum Gasteiger partial charge on any atom is -0.508 e. The van der Waals surface area contributed by atoms with Gasteiger partial charge in [0.1, 0.15) is 5.75 Å². The lowest BCUT2D eigenvalue weighted by molar-refractivity contribution is 0.476. The van der Waals surface area contributed by atoms with E-state index in [1.807, 2.05) is 36.4 Å². The number of phenols is 1. The molecule has 3 aromatic rings. The lowest BCUT2D eigenvalue weighted by Gasteiger charge is -2.03. The first-order chi connectivity index (χ1) is 8.33. The molecule has 2 aromatic carbocycles. The van der Waals surface area contributed by atoms with E-state index in [9.17, 15) is 5.11 Å². The van der Waals surface area contributed by atoms with E-state index in [2.05, 4.69) is 10.2 Å². The van der Waals surface area contributed by atoms with Gasteiger partial charge in [-0.05, 0) is 41.1 Å². The summed E-state index contributed by atoms with van der Waals surface area (Å²) in [5, 5.41) is 19.4. The minimum atomic E-state index is 0.282. The zero-order valence-electron chi connectivity index (χ0n) is 9.04. The minimum absolute atomic E-state index is 0.282. The molecule has 3 rings (SSSR count). The normalized spacial score (nSPS) is 10.6. The van der Waals surface area contributed by atoms with Gasteiger partial charge < -0.3 is 5.11 Å². The van der Waals surface area contributed by atoms with Crippen molar-refractivity contribution in [2.45, 2.75) is 0 Å². The summed E-state index contributed by atoms with van der Waals surface area (Å²) >= 11 is 0. The highest BCUT2D eigenvalue weighted by Crippen LogP contribution is 2.25. The van der Waals surface area contributed by atoms with E-state index in [1.165, 1.54) is 0 Å². The lowest BCUT2D eigenvalue weighted by Crippen LogP contribution is -1.85. The lowest BCUT2D eigenvalue weighted by atomic mass is 10.0. The Bertz CT molecular complexity index is 665. The number of aromatic nitrogens is 2. The number of phenolic OH excluding ortho intramolecular Hbond substituents is 1. The number of hydrogen-bond acceptors (Lipinski definition) is 3. The molecule has 0 aliphatic carbocycles. The van der Waals surface area contributed by atoms with Crippen molar-refractivity contribution in [3.63, 3.8) is 0 Å². The topological polar surface area (TPSA) is 46.0 Å². The van der Waals surface area contributed by atoms with Crippen LogP contribution in [0.3, 0.4) is 0 Å². The Balaban J connectivity index is 2.17. The molecule has 1 N–H and O–H groups in total. The standard InChI is InChI=1S/C14H10N2O/c17-13-6-5-10-8-12(4-3-11(10)9-13)14-2-1-7-15-16-14/h1-9,17H. The van der Waals surface area contributed by atoms with Crippen molar-refractivity contribution in [1.29, 1.82) is 0 Å². The monoisotopic (exact) mass is 222 g/mol. The second kappa shape index (κ2) is 3.87. The maximum absolute atomic E-state index is 9.39. The maximum atomic E-state index is 9.39. The van der Waals surface area contributed by atoms with Gasteiger partial charge in [-0.25, -0.2) is 0 Å². The van der Waals surface area contributed by atoms with Crippen molar-refractivity contribution in [3.8, 4) is 17.0 Å². The fraction of sp³-hybridized carbons (Fsp3) is 0. The maximum Gasteiger partial charge on any atom is 0.116 e. The molecular formula is C14H10N2O.